The molecule has 122 valence electrons. The van der Waals surface area contributed by atoms with E-state index in [9.17, 15) is 0 Å². The predicted molar refractivity (Wildman–Crippen MR) is 96.8 cm³/mol. The number of hydrogen-bond acceptors (Lipinski definition) is 3. The monoisotopic (exact) mass is 331 g/mol. The van der Waals surface area contributed by atoms with Gasteiger partial charge in [0.15, 0.2) is 11.5 Å². The van der Waals surface area contributed by atoms with Crippen LogP contribution < -0.4 is 14.8 Å². The van der Waals surface area contributed by atoms with E-state index >= 15 is 0 Å². The molecule has 0 radical (unpaired) electrons. The quantitative estimate of drug-likeness (QED) is 0.683. The fourth-order valence-corrected chi connectivity index (χ4v) is 2.51. The van der Waals surface area contributed by atoms with E-state index in [1.807, 2.05) is 12.1 Å². The number of benzene rings is 2. The van der Waals surface area contributed by atoms with Crippen LogP contribution in [0, 0.1) is 0 Å². The summed E-state index contributed by atoms with van der Waals surface area (Å²) in [6.07, 6.45) is 2.71. The molecule has 0 fully saturated rings. The minimum atomic E-state index is 0.386. The average molecular weight is 332 g/mol. The summed E-state index contributed by atoms with van der Waals surface area (Å²) in [5.41, 5.74) is 3.42. The van der Waals surface area contributed by atoms with Gasteiger partial charge in [0.1, 0.15) is 6.61 Å². The van der Waals surface area contributed by atoms with Crippen LogP contribution in [0.15, 0.2) is 49.1 Å². The third kappa shape index (κ3) is 4.67. The van der Waals surface area contributed by atoms with Gasteiger partial charge in [0.2, 0.25) is 0 Å². The zero-order chi connectivity index (χ0) is 16.7. The number of methoxy groups -OCH3 is 1. The van der Waals surface area contributed by atoms with Crippen molar-refractivity contribution in [3.8, 4) is 11.5 Å². The van der Waals surface area contributed by atoms with Gasteiger partial charge < -0.3 is 14.8 Å². The number of ether oxygens (including phenoxy) is 2. The maximum absolute atomic E-state index is 6.30. The number of rotatable bonds is 8. The van der Waals surface area contributed by atoms with Gasteiger partial charge in [-0.1, -0.05) is 43.3 Å². The van der Waals surface area contributed by atoms with E-state index in [1.165, 1.54) is 5.56 Å². The van der Waals surface area contributed by atoms with Crippen molar-refractivity contribution in [1.82, 2.24) is 0 Å². The topological polar surface area (TPSA) is 30.5 Å². The van der Waals surface area contributed by atoms with Crippen molar-refractivity contribution in [2.45, 2.75) is 19.9 Å². The molecule has 2 aromatic carbocycles. The second kappa shape index (κ2) is 8.49. The van der Waals surface area contributed by atoms with Gasteiger partial charge in [0.05, 0.1) is 12.1 Å². The molecule has 0 saturated carbocycles. The van der Waals surface area contributed by atoms with Crippen molar-refractivity contribution >= 4 is 17.3 Å². The summed E-state index contributed by atoms with van der Waals surface area (Å²) in [5, 5.41) is 3.91. The van der Waals surface area contributed by atoms with Gasteiger partial charge >= 0.3 is 0 Å². The Kier molecular flexibility index (Phi) is 6.36. The molecule has 0 saturated heterocycles. The minimum Gasteiger partial charge on any atom is -0.493 e. The van der Waals surface area contributed by atoms with Gasteiger partial charge in [0.25, 0.3) is 0 Å². The summed E-state index contributed by atoms with van der Waals surface area (Å²) >= 11 is 6.30. The zero-order valence-electron chi connectivity index (χ0n) is 13.6. The summed E-state index contributed by atoms with van der Waals surface area (Å²) in [4.78, 5) is 0. The molecule has 0 bridgehead atoms. The van der Waals surface area contributed by atoms with Crippen molar-refractivity contribution < 1.29 is 9.47 Å². The molecular weight excluding hydrogens is 310 g/mol. The number of nitrogens with one attached hydrogen (secondary N) is 1. The van der Waals surface area contributed by atoms with Gasteiger partial charge in [-0.15, -0.1) is 0 Å². The van der Waals surface area contributed by atoms with Crippen LogP contribution in [-0.4, -0.2) is 13.7 Å². The number of hydrogen-bond donors (Lipinski definition) is 1. The summed E-state index contributed by atoms with van der Waals surface area (Å²) in [5.74, 6) is 1.17. The molecule has 0 atom stereocenters. The molecule has 0 unspecified atom stereocenters. The van der Waals surface area contributed by atoms with Crippen LogP contribution >= 0.6 is 11.6 Å². The molecule has 0 spiro atoms. The van der Waals surface area contributed by atoms with Crippen LogP contribution in [0.1, 0.15) is 18.1 Å². The zero-order valence-corrected chi connectivity index (χ0v) is 14.3. The highest BCUT2D eigenvalue weighted by atomic mass is 35.5. The van der Waals surface area contributed by atoms with Gasteiger partial charge in [0, 0.05) is 12.2 Å². The first-order valence-electron chi connectivity index (χ1n) is 7.60. The lowest BCUT2D eigenvalue weighted by molar-refractivity contribution is 0.326. The molecule has 0 aliphatic carbocycles. The van der Waals surface area contributed by atoms with Gasteiger partial charge in [-0.05, 0) is 41.8 Å². The molecule has 0 aliphatic heterocycles. The SMILES string of the molecule is C=CCOc1c(Cl)cc(CNc2ccc(CC)cc2)cc1OC. The van der Waals surface area contributed by atoms with Crippen LogP contribution in [0.4, 0.5) is 5.69 Å². The Morgan fingerprint density at radius 1 is 1.17 bits per heavy atom. The molecule has 3 nitrogen and oxygen atoms in total. The number of halogens is 1. The fraction of sp³-hybridized carbons (Fsp3) is 0.263. The molecule has 0 amide bonds. The second-order valence-electron chi connectivity index (χ2n) is 5.11. The largest absolute Gasteiger partial charge is 0.493 e. The average Bonchev–Trinajstić information content (AvgIpc) is 2.59. The first-order chi connectivity index (χ1) is 11.2. The van der Waals surface area contributed by atoms with E-state index in [1.54, 1.807) is 13.2 Å². The molecule has 2 aromatic rings. The summed E-state index contributed by atoms with van der Waals surface area (Å²) < 4.78 is 10.9. The molecule has 23 heavy (non-hydrogen) atoms. The summed E-state index contributed by atoms with van der Waals surface area (Å²) in [7, 11) is 1.60. The molecule has 0 aliphatic rings. The van der Waals surface area contributed by atoms with E-state index in [4.69, 9.17) is 21.1 Å². The second-order valence-corrected chi connectivity index (χ2v) is 5.52. The summed E-state index contributed by atoms with van der Waals surface area (Å²) in [6.45, 7) is 6.82. The van der Waals surface area contributed by atoms with E-state index in [-0.39, 0.29) is 0 Å². The first kappa shape index (κ1) is 17.2. The third-order valence-electron chi connectivity index (χ3n) is 3.49. The molecule has 1 N–H and O–H groups in total. The highest BCUT2D eigenvalue weighted by Crippen LogP contribution is 2.36. The van der Waals surface area contributed by atoms with Crippen molar-refractivity contribution in [2.75, 3.05) is 19.0 Å². The van der Waals surface area contributed by atoms with E-state index in [0.717, 1.165) is 17.7 Å². The molecular formula is C19H22ClNO2. The molecule has 0 heterocycles. The number of aryl methyl sites for hydroxylation is 1. The maximum Gasteiger partial charge on any atom is 0.180 e. The highest BCUT2D eigenvalue weighted by molar-refractivity contribution is 6.32. The normalized spacial score (nSPS) is 10.2. The smallest absolute Gasteiger partial charge is 0.180 e. The molecule has 2 rings (SSSR count). The lowest BCUT2D eigenvalue weighted by atomic mass is 10.1. The molecule has 4 heteroatoms. The van der Waals surface area contributed by atoms with E-state index < -0.39 is 0 Å². The van der Waals surface area contributed by atoms with Crippen LogP contribution in [0.3, 0.4) is 0 Å². The Hall–Kier alpha value is -2.13. The van der Waals surface area contributed by atoms with Gasteiger partial charge in [-0.3, -0.25) is 0 Å². The predicted octanol–water partition coefficient (Wildman–Crippen LogP) is 5.09. The minimum absolute atomic E-state index is 0.386. The Bertz CT molecular complexity index is 653. The standard InChI is InChI=1S/C19H22ClNO2/c1-4-10-23-19-17(20)11-15(12-18(19)22-3)13-21-16-8-6-14(5-2)7-9-16/h4,6-9,11-12,21H,1,5,10,13H2,2-3H3. The van der Waals surface area contributed by atoms with Gasteiger partial charge in [-0.2, -0.15) is 0 Å². The third-order valence-corrected chi connectivity index (χ3v) is 3.77. The molecule has 0 aromatic heterocycles. The Morgan fingerprint density at radius 2 is 1.91 bits per heavy atom. The van der Waals surface area contributed by atoms with E-state index in [0.29, 0.717) is 29.7 Å². The first-order valence-corrected chi connectivity index (χ1v) is 7.98. The lowest BCUT2D eigenvalue weighted by Crippen LogP contribution is -2.02. The fourth-order valence-electron chi connectivity index (χ4n) is 2.22. The van der Waals surface area contributed by atoms with Crippen LogP contribution in [-0.2, 0) is 13.0 Å². The van der Waals surface area contributed by atoms with Gasteiger partial charge in [-0.25, -0.2) is 0 Å². The summed E-state index contributed by atoms with van der Waals surface area (Å²) in [6, 6.07) is 12.2. The Morgan fingerprint density at radius 3 is 2.52 bits per heavy atom. The highest BCUT2D eigenvalue weighted by Gasteiger charge is 2.11. The van der Waals surface area contributed by atoms with Crippen molar-refractivity contribution in [2.24, 2.45) is 0 Å². The Labute approximate surface area is 142 Å². The van der Waals surface area contributed by atoms with Crippen molar-refractivity contribution in [3.63, 3.8) is 0 Å². The lowest BCUT2D eigenvalue weighted by Gasteiger charge is -2.14. The van der Waals surface area contributed by atoms with Crippen molar-refractivity contribution in [1.29, 1.82) is 0 Å². The van der Waals surface area contributed by atoms with Crippen LogP contribution in [0.5, 0.6) is 11.5 Å². The van der Waals surface area contributed by atoms with Crippen molar-refractivity contribution in [3.05, 3.63) is 65.2 Å². The van der Waals surface area contributed by atoms with Crippen LogP contribution in [0.2, 0.25) is 5.02 Å². The van der Waals surface area contributed by atoms with Crippen LogP contribution in [0.25, 0.3) is 0 Å². The van der Waals surface area contributed by atoms with E-state index in [2.05, 4.69) is 43.1 Å². The Balaban J connectivity index is 2.10. The maximum atomic E-state index is 6.30. The number of anilines is 1.